The average Bonchev–Trinajstić information content (AvgIpc) is 2.42. The number of carbonyl (C=O) groups excluding carboxylic acids is 1. The molecule has 5 nitrogen and oxygen atoms in total. The number of nitrogens with one attached hydrogen (secondary N) is 2. The van der Waals surface area contributed by atoms with Crippen molar-refractivity contribution in [3.05, 3.63) is 18.2 Å². The molecule has 0 saturated carbocycles. The Morgan fingerprint density at radius 2 is 2.25 bits per heavy atom. The largest absolute Gasteiger partial charge is 0.453 e. The molecule has 0 aliphatic rings. The number of methoxy groups -OCH3 is 1. The molecule has 110 valence electrons. The zero-order valence-corrected chi connectivity index (χ0v) is 13.2. The summed E-state index contributed by atoms with van der Waals surface area (Å²) in [6, 6.07) is 5.71. The van der Waals surface area contributed by atoms with Gasteiger partial charge in [0.1, 0.15) is 0 Å². The molecule has 1 amide bonds. The maximum atomic E-state index is 11.0. The quantitative estimate of drug-likeness (QED) is 0.335. The summed E-state index contributed by atoms with van der Waals surface area (Å²) in [6.45, 7) is 2.16. The molecule has 0 fully saturated rings. The SMILES string of the molecule is CCCCSc1ccc(NC(=S)NC(=O)OC)c(N)c1. The van der Waals surface area contributed by atoms with Crippen LogP contribution in [0, 0.1) is 0 Å². The van der Waals surface area contributed by atoms with Crippen LogP contribution in [0.2, 0.25) is 0 Å². The van der Waals surface area contributed by atoms with E-state index < -0.39 is 6.09 Å². The van der Waals surface area contributed by atoms with E-state index >= 15 is 0 Å². The second-order valence-electron chi connectivity index (χ2n) is 4.02. The fourth-order valence-corrected chi connectivity index (χ4v) is 2.61. The predicted octanol–water partition coefficient (Wildman–Crippen LogP) is 3.21. The Morgan fingerprint density at radius 1 is 1.50 bits per heavy atom. The van der Waals surface area contributed by atoms with Gasteiger partial charge in [0, 0.05) is 4.90 Å². The van der Waals surface area contributed by atoms with Gasteiger partial charge in [-0.2, -0.15) is 0 Å². The molecule has 7 heteroatoms. The van der Waals surface area contributed by atoms with Crippen LogP contribution in [0.5, 0.6) is 0 Å². The lowest BCUT2D eigenvalue weighted by Crippen LogP contribution is -2.34. The average molecular weight is 313 g/mol. The van der Waals surface area contributed by atoms with E-state index in [1.54, 1.807) is 11.8 Å². The molecule has 0 aromatic heterocycles. The van der Waals surface area contributed by atoms with Crippen LogP contribution < -0.4 is 16.4 Å². The zero-order chi connectivity index (χ0) is 15.0. The van der Waals surface area contributed by atoms with Crippen LogP contribution in [0.15, 0.2) is 23.1 Å². The van der Waals surface area contributed by atoms with E-state index in [9.17, 15) is 4.79 Å². The van der Waals surface area contributed by atoms with Gasteiger partial charge in [0.2, 0.25) is 0 Å². The fraction of sp³-hybridized carbons (Fsp3) is 0.385. The Balaban J connectivity index is 2.59. The number of thiocarbonyl (C=S) groups is 1. The maximum Gasteiger partial charge on any atom is 0.413 e. The summed E-state index contributed by atoms with van der Waals surface area (Å²) < 4.78 is 4.45. The molecule has 0 spiro atoms. The summed E-state index contributed by atoms with van der Waals surface area (Å²) in [5.74, 6) is 1.07. The van der Waals surface area contributed by atoms with Crippen molar-refractivity contribution in [3.8, 4) is 0 Å². The number of carbonyl (C=O) groups is 1. The molecular weight excluding hydrogens is 294 g/mol. The van der Waals surface area contributed by atoms with Crippen LogP contribution in [-0.2, 0) is 4.74 Å². The van der Waals surface area contributed by atoms with E-state index in [1.807, 2.05) is 18.2 Å². The minimum Gasteiger partial charge on any atom is -0.453 e. The number of unbranched alkanes of at least 4 members (excludes halogenated alkanes) is 1. The van der Waals surface area contributed by atoms with Crippen molar-refractivity contribution in [2.45, 2.75) is 24.7 Å². The number of nitrogen functional groups attached to an aromatic ring is 1. The highest BCUT2D eigenvalue weighted by Gasteiger charge is 2.06. The molecule has 0 saturated heterocycles. The topological polar surface area (TPSA) is 76.4 Å². The Hall–Kier alpha value is -1.47. The third-order valence-electron chi connectivity index (χ3n) is 2.44. The van der Waals surface area contributed by atoms with Crippen molar-refractivity contribution < 1.29 is 9.53 Å². The number of ether oxygens (including phenoxy) is 1. The Morgan fingerprint density at radius 3 is 2.85 bits per heavy atom. The Kier molecular flexibility index (Phi) is 7.17. The highest BCUT2D eigenvalue weighted by molar-refractivity contribution is 7.99. The number of benzene rings is 1. The van der Waals surface area contributed by atoms with Crippen molar-refractivity contribution in [2.24, 2.45) is 0 Å². The van der Waals surface area contributed by atoms with Gasteiger partial charge in [-0.15, -0.1) is 11.8 Å². The highest BCUT2D eigenvalue weighted by Crippen LogP contribution is 2.26. The Labute approximate surface area is 128 Å². The monoisotopic (exact) mass is 313 g/mol. The molecule has 0 aliphatic carbocycles. The summed E-state index contributed by atoms with van der Waals surface area (Å²) in [4.78, 5) is 12.1. The lowest BCUT2D eigenvalue weighted by atomic mass is 10.3. The molecular formula is C13H19N3O2S2. The minimum atomic E-state index is -0.618. The predicted molar refractivity (Wildman–Crippen MR) is 88.2 cm³/mol. The number of hydrogen-bond donors (Lipinski definition) is 3. The van der Waals surface area contributed by atoms with Gasteiger partial charge in [0.05, 0.1) is 18.5 Å². The molecule has 0 aliphatic heterocycles. The van der Waals surface area contributed by atoms with Gasteiger partial charge in [-0.25, -0.2) is 4.79 Å². The number of nitrogens with two attached hydrogens (primary N) is 1. The van der Waals surface area contributed by atoms with Crippen molar-refractivity contribution in [1.82, 2.24) is 5.32 Å². The van der Waals surface area contributed by atoms with Crippen LogP contribution in [-0.4, -0.2) is 24.1 Å². The van der Waals surface area contributed by atoms with Gasteiger partial charge < -0.3 is 15.8 Å². The van der Waals surface area contributed by atoms with Crippen molar-refractivity contribution in [3.63, 3.8) is 0 Å². The smallest absolute Gasteiger partial charge is 0.413 e. The molecule has 1 aromatic rings. The number of amides is 1. The van der Waals surface area contributed by atoms with Gasteiger partial charge in [-0.3, -0.25) is 5.32 Å². The number of anilines is 2. The second kappa shape index (κ2) is 8.65. The van der Waals surface area contributed by atoms with Crippen molar-refractivity contribution in [2.75, 3.05) is 23.9 Å². The molecule has 20 heavy (non-hydrogen) atoms. The normalized spacial score (nSPS) is 9.90. The molecule has 1 aromatic carbocycles. The van der Waals surface area contributed by atoms with E-state index in [4.69, 9.17) is 18.0 Å². The number of thioether (sulfide) groups is 1. The van der Waals surface area contributed by atoms with Crippen LogP contribution >= 0.6 is 24.0 Å². The molecule has 0 radical (unpaired) electrons. The van der Waals surface area contributed by atoms with Gasteiger partial charge >= 0.3 is 6.09 Å². The highest BCUT2D eigenvalue weighted by atomic mass is 32.2. The molecule has 4 N–H and O–H groups in total. The summed E-state index contributed by atoms with van der Waals surface area (Å²) in [7, 11) is 1.27. The third kappa shape index (κ3) is 5.66. The van der Waals surface area contributed by atoms with Gasteiger partial charge in [-0.05, 0) is 42.6 Å². The lowest BCUT2D eigenvalue weighted by molar-refractivity contribution is 0.177. The summed E-state index contributed by atoms with van der Waals surface area (Å²) in [6.07, 6.45) is 1.74. The first kappa shape index (κ1) is 16.6. The summed E-state index contributed by atoms with van der Waals surface area (Å²) >= 11 is 6.74. The molecule has 0 atom stereocenters. The summed E-state index contributed by atoms with van der Waals surface area (Å²) in [5.41, 5.74) is 7.20. The van der Waals surface area contributed by atoms with E-state index in [0.717, 1.165) is 10.6 Å². The van der Waals surface area contributed by atoms with Crippen LogP contribution in [0.25, 0.3) is 0 Å². The number of alkyl carbamates (subject to hydrolysis) is 1. The van der Waals surface area contributed by atoms with E-state index in [2.05, 4.69) is 22.3 Å². The number of hydrogen-bond acceptors (Lipinski definition) is 5. The number of rotatable bonds is 5. The van der Waals surface area contributed by atoms with Crippen molar-refractivity contribution >= 4 is 46.6 Å². The standard InChI is InChI=1S/C13H19N3O2S2/c1-3-4-7-20-9-5-6-11(10(14)8-9)15-12(19)16-13(17)18-2/h5-6,8H,3-4,7,14H2,1-2H3,(H2,15,16,17,19). The fourth-order valence-electron chi connectivity index (χ4n) is 1.38. The summed E-state index contributed by atoms with van der Waals surface area (Å²) in [5, 5.41) is 5.36. The van der Waals surface area contributed by atoms with Crippen LogP contribution in [0.1, 0.15) is 19.8 Å². The van der Waals surface area contributed by atoms with Gasteiger partial charge in [-0.1, -0.05) is 13.3 Å². The van der Waals surface area contributed by atoms with E-state index in [1.165, 1.54) is 20.0 Å². The van der Waals surface area contributed by atoms with E-state index in [-0.39, 0.29) is 5.11 Å². The van der Waals surface area contributed by atoms with Gasteiger partial charge in [0.25, 0.3) is 0 Å². The third-order valence-corrected chi connectivity index (χ3v) is 3.72. The maximum absolute atomic E-state index is 11.0. The first-order valence-electron chi connectivity index (χ1n) is 6.25. The zero-order valence-electron chi connectivity index (χ0n) is 11.6. The molecule has 1 rings (SSSR count). The first-order valence-corrected chi connectivity index (χ1v) is 7.64. The second-order valence-corrected chi connectivity index (χ2v) is 5.60. The molecule has 0 unspecified atom stereocenters. The van der Waals surface area contributed by atoms with Crippen molar-refractivity contribution in [1.29, 1.82) is 0 Å². The minimum absolute atomic E-state index is 0.148. The van der Waals surface area contributed by atoms with Gasteiger partial charge in [0.15, 0.2) is 5.11 Å². The lowest BCUT2D eigenvalue weighted by Gasteiger charge is -2.12. The van der Waals surface area contributed by atoms with E-state index in [0.29, 0.717) is 11.4 Å². The molecule has 0 bridgehead atoms. The van der Waals surface area contributed by atoms with Crippen LogP contribution in [0.4, 0.5) is 16.2 Å². The molecule has 0 heterocycles. The van der Waals surface area contributed by atoms with Crippen LogP contribution in [0.3, 0.4) is 0 Å². The Bertz CT molecular complexity index is 481. The first-order chi connectivity index (χ1) is 9.56.